The fraction of sp³-hybridized carbons (Fsp3) is 0.600. The van der Waals surface area contributed by atoms with Crippen LogP contribution in [0.5, 0.6) is 0 Å². The highest BCUT2D eigenvalue weighted by atomic mass is 19.1. The average Bonchev–Trinajstić information content (AvgIpc) is 3.08. The van der Waals surface area contributed by atoms with Crippen LogP contribution in [0, 0.1) is 17.0 Å². The van der Waals surface area contributed by atoms with E-state index in [0.717, 1.165) is 31.7 Å². The number of carbonyl (C=O) groups excluding carboxylic acids is 1. The van der Waals surface area contributed by atoms with Gasteiger partial charge in [-0.2, -0.15) is 0 Å². The number of nitrogens with zero attached hydrogens (tertiary/aromatic N) is 2. The van der Waals surface area contributed by atoms with Gasteiger partial charge < -0.3 is 15.5 Å². The highest BCUT2D eigenvalue weighted by Crippen LogP contribution is 2.39. The van der Waals surface area contributed by atoms with Gasteiger partial charge in [-0.15, -0.1) is 0 Å². The lowest BCUT2D eigenvalue weighted by atomic mass is 9.85. The molecule has 0 unspecified atom stereocenters. The van der Waals surface area contributed by atoms with Gasteiger partial charge in [0.2, 0.25) is 5.91 Å². The number of guanidine groups is 1. The van der Waals surface area contributed by atoms with Crippen LogP contribution in [0.2, 0.25) is 0 Å². The number of nitrogens with one attached hydrogen (secondary N) is 2. The summed E-state index contributed by atoms with van der Waals surface area (Å²) in [4.78, 5) is 18.9. The number of amides is 1. The van der Waals surface area contributed by atoms with Crippen LogP contribution in [0.4, 0.5) is 8.78 Å². The van der Waals surface area contributed by atoms with Crippen LogP contribution in [-0.2, 0) is 11.2 Å². The molecule has 1 amide bonds. The van der Waals surface area contributed by atoms with Gasteiger partial charge in [-0.1, -0.05) is 12.8 Å². The fourth-order valence-electron chi connectivity index (χ4n) is 3.62. The molecule has 1 aliphatic rings. The van der Waals surface area contributed by atoms with Gasteiger partial charge in [-0.25, -0.2) is 8.78 Å². The third-order valence-corrected chi connectivity index (χ3v) is 4.93. The number of aliphatic imine (C=N–C) groups is 1. The normalized spacial score (nSPS) is 16.3. The van der Waals surface area contributed by atoms with E-state index >= 15 is 0 Å². The number of halogens is 2. The van der Waals surface area contributed by atoms with Gasteiger partial charge in [0.15, 0.2) is 5.96 Å². The van der Waals surface area contributed by atoms with Crippen molar-refractivity contribution >= 4 is 11.9 Å². The molecular weight excluding hydrogens is 350 g/mol. The molecule has 1 aromatic carbocycles. The van der Waals surface area contributed by atoms with E-state index in [0.29, 0.717) is 37.6 Å². The maximum Gasteiger partial charge on any atom is 0.230 e. The largest absolute Gasteiger partial charge is 0.357 e. The summed E-state index contributed by atoms with van der Waals surface area (Å²) in [5.41, 5.74) is 0.170. The van der Waals surface area contributed by atoms with Crippen LogP contribution in [0.1, 0.15) is 38.2 Å². The molecule has 2 rings (SSSR count). The van der Waals surface area contributed by atoms with E-state index in [2.05, 4.69) is 15.6 Å². The van der Waals surface area contributed by atoms with Gasteiger partial charge in [0.25, 0.3) is 0 Å². The van der Waals surface area contributed by atoms with Crippen LogP contribution in [0.15, 0.2) is 23.2 Å². The summed E-state index contributed by atoms with van der Waals surface area (Å²) in [5, 5.41) is 6.35. The smallest absolute Gasteiger partial charge is 0.230 e. The van der Waals surface area contributed by atoms with E-state index in [-0.39, 0.29) is 5.91 Å². The van der Waals surface area contributed by atoms with Crippen molar-refractivity contribution in [1.82, 2.24) is 15.5 Å². The Morgan fingerprint density at radius 3 is 2.33 bits per heavy atom. The van der Waals surface area contributed by atoms with Gasteiger partial charge in [0.05, 0.1) is 12.0 Å². The summed E-state index contributed by atoms with van der Waals surface area (Å²) in [5.74, 6) is -0.395. The van der Waals surface area contributed by atoms with Gasteiger partial charge in [0.1, 0.15) is 11.6 Å². The van der Waals surface area contributed by atoms with Gasteiger partial charge in [0, 0.05) is 33.3 Å². The monoisotopic (exact) mass is 380 g/mol. The van der Waals surface area contributed by atoms with E-state index < -0.39 is 17.0 Å². The van der Waals surface area contributed by atoms with Crippen LogP contribution in [0.25, 0.3) is 0 Å². The zero-order chi connectivity index (χ0) is 19.9. The molecule has 0 heterocycles. The molecule has 27 heavy (non-hydrogen) atoms. The molecule has 0 aromatic heterocycles. The Labute approximate surface area is 160 Å². The molecule has 0 bridgehead atoms. The molecule has 0 radical (unpaired) electrons. The van der Waals surface area contributed by atoms with Crippen LogP contribution < -0.4 is 10.6 Å². The molecule has 0 atom stereocenters. The second-order valence-electron chi connectivity index (χ2n) is 7.34. The molecule has 150 valence electrons. The van der Waals surface area contributed by atoms with E-state index in [1.54, 1.807) is 19.0 Å². The van der Waals surface area contributed by atoms with Gasteiger partial charge in [-0.05, 0) is 43.9 Å². The molecule has 0 spiro atoms. The van der Waals surface area contributed by atoms with E-state index in [1.807, 2.05) is 6.92 Å². The van der Waals surface area contributed by atoms with Crippen molar-refractivity contribution in [2.45, 2.75) is 39.0 Å². The average molecular weight is 380 g/mol. The maximum atomic E-state index is 13.3. The van der Waals surface area contributed by atoms with Crippen molar-refractivity contribution in [3.8, 4) is 0 Å². The first kappa shape index (κ1) is 21.1. The Balaban J connectivity index is 1.99. The van der Waals surface area contributed by atoms with Crippen LogP contribution in [-0.4, -0.2) is 50.5 Å². The lowest BCUT2D eigenvalue weighted by Gasteiger charge is -2.29. The second kappa shape index (κ2) is 9.67. The first-order valence-corrected chi connectivity index (χ1v) is 9.55. The second-order valence-corrected chi connectivity index (χ2v) is 7.34. The lowest BCUT2D eigenvalue weighted by molar-refractivity contribution is -0.138. The van der Waals surface area contributed by atoms with E-state index in [1.165, 1.54) is 12.1 Å². The number of hydrogen-bond donors (Lipinski definition) is 2. The Morgan fingerprint density at radius 1 is 1.15 bits per heavy atom. The summed E-state index contributed by atoms with van der Waals surface area (Å²) in [7, 11) is 3.57. The van der Waals surface area contributed by atoms with Crippen molar-refractivity contribution < 1.29 is 13.6 Å². The Morgan fingerprint density at radius 2 is 1.78 bits per heavy atom. The Bertz CT molecular complexity index is 650. The summed E-state index contributed by atoms with van der Waals surface area (Å²) >= 11 is 0. The van der Waals surface area contributed by atoms with Crippen molar-refractivity contribution in [1.29, 1.82) is 0 Å². The van der Waals surface area contributed by atoms with Crippen LogP contribution in [0.3, 0.4) is 0 Å². The summed E-state index contributed by atoms with van der Waals surface area (Å²) in [6.45, 7) is 3.59. The molecule has 1 aliphatic carbocycles. The number of benzene rings is 1. The molecule has 5 nitrogen and oxygen atoms in total. The third-order valence-electron chi connectivity index (χ3n) is 4.93. The summed E-state index contributed by atoms with van der Waals surface area (Å²) < 4.78 is 26.6. The van der Waals surface area contributed by atoms with Crippen molar-refractivity contribution in [2.75, 3.05) is 33.7 Å². The highest BCUT2D eigenvalue weighted by Gasteiger charge is 2.42. The van der Waals surface area contributed by atoms with Crippen molar-refractivity contribution in [2.24, 2.45) is 10.4 Å². The van der Waals surface area contributed by atoms with Crippen molar-refractivity contribution in [3.05, 3.63) is 35.4 Å². The number of carbonyl (C=O) groups is 1. The molecule has 1 saturated carbocycles. The first-order chi connectivity index (χ1) is 12.9. The molecule has 2 N–H and O–H groups in total. The van der Waals surface area contributed by atoms with E-state index in [9.17, 15) is 13.6 Å². The molecule has 1 fully saturated rings. The minimum Gasteiger partial charge on any atom is -0.357 e. The lowest BCUT2D eigenvalue weighted by Crippen LogP contribution is -2.43. The standard InChI is InChI=1S/C20H30F2N4O/c1-4-23-19(24-10-7-15-11-16(21)13-17(22)12-15)25-14-20(8-5-6-9-20)18(27)26(2)3/h11-13H,4-10,14H2,1-3H3,(H2,23,24,25). The predicted molar refractivity (Wildman–Crippen MR) is 104 cm³/mol. The predicted octanol–water partition coefficient (Wildman–Crippen LogP) is 2.71. The third kappa shape index (κ3) is 5.91. The van der Waals surface area contributed by atoms with Gasteiger partial charge in [-0.3, -0.25) is 9.79 Å². The number of hydrogen-bond acceptors (Lipinski definition) is 2. The zero-order valence-electron chi connectivity index (χ0n) is 16.4. The first-order valence-electron chi connectivity index (χ1n) is 9.55. The fourth-order valence-corrected chi connectivity index (χ4v) is 3.62. The Kier molecular flexibility index (Phi) is 7.56. The molecule has 0 aliphatic heterocycles. The minimum absolute atomic E-state index is 0.134. The summed E-state index contributed by atoms with van der Waals surface area (Å²) in [6.07, 6.45) is 4.28. The molecular formula is C20H30F2N4O. The van der Waals surface area contributed by atoms with Crippen LogP contribution >= 0.6 is 0 Å². The quantitative estimate of drug-likeness (QED) is 0.565. The topological polar surface area (TPSA) is 56.7 Å². The number of rotatable bonds is 7. The van der Waals surface area contributed by atoms with E-state index in [4.69, 9.17) is 0 Å². The van der Waals surface area contributed by atoms with Gasteiger partial charge >= 0.3 is 0 Å². The summed E-state index contributed by atoms with van der Waals surface area (Å²) in [6, 6.07) is 3.53. The molecule has 1 aromatic rings. The van der Waals surface area contributed by atoms with Crippen molar-refractivity contribution in [3.63, 3.8) is 0 Å². The maximum absolute atomic E-state index is 13.3. The zero-order valence-corrected chi connectivity index (χ0v) is 16.4. The highest BCUT2D eigenvalue weighted by molar-refractivity contribution is 5.84. The molecule has 0 saturated heterocycles. The Hall–Kier alpha value is -2.18. The SMILES string of the molecule is CCNC(=NCC1(C(=O)N(C)C)CCCC1)NCCc1cc(F)cc(F)c1. The molecule has 7 heteroatoms. The minimum atomic E-state index is -0.573.